The van der Waals surface area contributed by atoms with Crippen molar-refractivity contribution in [3.63, 3.8) is 0 Å². The number of rotatable bonds is 4. The number of furan rings is 2. The molecule has 1 amide bonds. The van der Waals surface area contributed by atoms with E-state index in [0.29, 0.717) is 33.1 Å². The summed E-state index contributed by atoms with van der Waals surface area (Å²) in [4.78, 5) is 29.7. The second-order valence-corrected chi connectivity index (χ2v) is 8.61. The molecule has 0 radical (unpaired) electrons. The third kappa shape index (κ3) is 3.66. The average molecular weight is 484 g/mol. The summed E-state index contributed by atoms with van der Waals surface area (Å²) in [5.74, 6) is 0.284. The Labute approximate surface area is 204 Å². The predicted octanol–water partition coefficient (Wildman–Crippen LogP) is 6.03. The summed E-state index contributed by atoms with van der Waals surface area (Å²) in [5, 5.41) is 7.31. The highest BCUT2D eigenvalue weighted by molar-refractivity contribution is 6.31. The lowest BCUT2D eigenvalue weighted by molar-refractivity contribution is 0.0660. The number of nitrogens with zero attached hydrogens (tertiary/aromatic N) is 2. The van der Waals surface area contributed by atoms with Crippen molar-refractivity contribution >= 4 is 34.1 Å². The van der Waals surface area contributed by atoms with Gasteiger partial charge in [0.2, 0.25) is 0 Å². The molecule has 0 aliphatic carbocycles. The average Bonchev–Trinajstić information content (AvgIpc) is 3.65. The maximum atomic E-state index is 13.5. The van der Waals surface area contributed by atoms with Crippen LogP contribution in [0.5, 0.6) is 0 Å². The topological polar surface area (TPSA) is 91.8 Å². The Morgan fingerprint density at radius 3 is 2.51 bits per heavy atom. The summed E-state index contributed by atoms with van der Waals surface area (Å²) in [6, 6.07) is 21.2. The van der Waals surface area contributed by atoms with E-state index in [-0.39, 0.29) is 17.7 Å². The third-order valence-corrected chi connectivity index (χ3v) is 6.28. The van der Waals surface area contributed by atoms with Crippen LogP contribution in [-0.2, 0) is 0 Å². The molecule has 2 aromatic carbocycles. The number of pyridine rings is 1. The Morgan fingerprint density at radius 2 is 1.77 bits per heavy atom. The quantitative estimate of drug-likeness (QED) is 0.338. The van der Waals surface area contributed by atoms with E-state index in [1.165, 1.54) is 11.3 Å². The smallest absolute Gasteiger partial charge is 0.310 e. The molecule has 35 heavy (non-hydrogen) atoms. The maximum absolute atomic E-state index is 13.5. The van der Waals surface area contributed by atoms with Gasteiger partial charge in [-0.2, -0.15) is 5.10 Å². The monoisotopic (exact) mass is 483 g/mol. The first-order valence-electron chi connectivity index (χ1n) is 11.0. The highest BCUT2D eigenvalue weighted by Crippen LogP contribution is 2.38. The summed E-state index contributed by atoms with van der Waals surface area (Å²) >= 11 is 6.34. The normalized spacial score (nSPS) is 15.5. The Bertz CT molecular complexity index is 1620. The Morgan fingerprint density at radius 1 is 0.971 bits per heavy atom. The van der Waals surface area contributed by atoms with Gasteiger partial charge in [-0.05, 0) is 48.0 Å². The second kappa shape index (κ2) is 8.45. The summed E-state index contributed by atoms with van der Waals surface area (Å²) in [6.07, 6.45) is 3.26. The molecule has 5 aromatic rings. The summed E-state index contributed by atoms with van der Waals surface area (Å²) < 4.78 is 11.0. The molecule has 6 rings (SSSR count). The molecular formula is C27H18ClN3O4. The predicted molar refractivity (Wildman–Crippen MR) is 132 cm³/mol. The van der Waals surface area contributed by atoms with Gasteiger partial charge in [0.1, 0.15) is 11.8 Å². The fourth-order valence-corrected chi connectivity index (χ4v) is 4.68. The minimum Gasteiger partial charge on any atom is -0.467 e. The minimum atomic E-state index is -0.532. The molecule has 0 saturated heterocycles. The third-order valence-electron chi connectivity index (χ3n) is 6.05. The highest BCUT2D eigenvalue weighted by atomic mass is 35.5. The van der Waals surface area contributed by atoms with Crippen molar-refractivity contribution < 1.29 is 13.6 Å². The van der Waals surface area contributed by atoms with Crippen LogP contribution in [0.2, 0.25) is 5.02 Å². The summed E-state index contributed by atoms with van der Waals surface area (Å²) in [5.41, 5.74) is 2.75. The van der Waals surface area contributed by atoms with Crippen LogP contribution in [0.4, 0.5) is 0 Å². The molecule has 0 spiro atoms. The van der Waals surface area contributed by atoms with Gasteiger partial charge in [0.05, 0.1) is 23.8 Å². The number of hydrogen-bond acceptors (Lipinski definition) is 5. The number of hydrazone groups is 1. The first kappa shape index (κ1) is 21.2. The molecule has 4 heterocycles. The number of hydrogen-bond donors (Lipinski definition) is 1. The van der Waals surface area contributed by atoms with E-state index in [9.17, 15) is 9.59 Å². The Hall–Kier alpha value is -4.36. The van der Waals surface area contributed by atoms with Crippen LogP contribution >= 0.6 is 11.6 Å². The number of halogens is 1. The largest absolute Gasteiger partial charge is 0.467 e. The molecule has 0 saturated carbocycles. The number of benzene rings is 2. The van der Waals surface area contributed by atoms with Crippen LogP contribution in [0.25, 0.3) is 22.0 Å². The van der Waals surface area contributed by atoms with E-state index in [2.05, 4.69) is 10.1 Å². The molecule has 1 aliphatic heterocycles. The number of aromatic amines is 1. The van der Waals surface area contributed by atoms with Gasteiger partial charge in [0.25, 0.3) is 5.56 Å². The van der Waals surface area contributed by atoms with E-state index in [1.54, 1.807) is 42.7 Å². The van der Waals surface area contributed by atoms with Gasteiger partial charge >= 0.3 is 5.91 Å². The van der Waals surface area contributed by atoms with Crippen LogP contribution in [0.15, 0.2) is 104 Å². The van der Waals surface area contributed by atoms with Crippen molar-refractivity contribution in [1.29, 1.82) is 0 Å². The van der Waals surface area contributed by atoms with Crippen molar-refractivity contribution in [1.82, 2.24) is 9.99 Å². The number of H-pyrrole nitrogens is 1. The number of carbonyl (C=O) groups is 1. The lowest BCUT2D eigenvalue weighted by atomic mass is 9.92. The second-order valence-electron chi connectivity index (χ2n) is 8.17. The number of carbonyl (C=O) groups excluding carboxylic acids is 1. The van der Waals surface area contributed by atoms with Crippen molar-refractivity contribution in [2.75, 3.05) is 0 Å². The SMILES string of the molecule is O=C(c1ccco1)N1N=C(c2c(-c3ccccc3)c3cc(Cl)ccc3[nH]c2=O)C[C@@H]1c1ccco1. The number of fused-ring (bicyclic) bond motifs is 1. The lowest BCUT2D eigenvalue weighted by Gasteiger charge is -2.18. The van der Waals surface area contributed by atoms with Crippen molar-refractivity contribution in [3.05, 3.63) is 118 Å². The van der Waals surface area contributed by atoms with E-state index in [4.69, 9.17) is 20.4 Å². The molecule has 1 N–H and O–H groups in total. The van der Waals surface area contributed by atoms with Gasteiger partial charge < -0.3 is 13.8 Å². The zero-order valence-corrected chi connectivity index (χ0v) is 19.0. The fourth-order valence-electron chi connectivity index (χ4n) is 4.51. The number of nitrogens with one attached hydrogen (secondary N) is 1. The van der Waals surface area contributed by atoms with E-state index in [0.717, 1.165) is 10.9 Å². The number of aromatic nitrogens is 1. The molecule has 1 aliphatic rings. The molecule has 1 atom stereocenters. The van der Waals surface area contributed by atoms with Crippen LogP contribution < -0.4 is 5.56 Å². The van der Waals surface area contributed by atoms with Crippen LogP contribution in [0, 0.1) is 0 Å². The maximum Gasteiger partial charge on any atom is 0.310 e. The van der Waals surface area contributed by atoms with E-state index < -0.39 is 11.9 Å². The zero-order chi connectivity index (χ0) is 23.9. The van der Waals surface area contributed by atoms with Crippen LogP contribution in [0.1, 0.15) is 34.3 Å². The Balaban J connectivity index is 1.58. The molecule has 8 heteroatoms. The van der Waals surface area contributed by atoms with Crippen LogP contribution in [-0.4, -0.2) is 21.6 Å². The van der Waals surface area contributed by atoms with Crippen molar-refractivity contribution in [2.24, 2.45) is 5.10 Å². The highest BCUT2D eigenvalue weighted by Gasteiger charge is 2.38. The van der Waals surface area contributed by atoms with Gasteiger partial charge in [0.15, 0.2) is 5.76 Å². The Kier molecular flexibility index (Phi) is 5.12. The van der Waals surface area contributed by atoms with E-state index >= 15 is 0 Å². The molecule has 0 unspecified atom stereocenters. The lowest BCUT2D eigenvalue weighted by Crippen LogP contribution is -2.26. The van der Waals surface area contributed by atoms with Gasteiger partial charge in [-0.25, -0.2) is 5.01 Å². The van der Waals surface area contributed by atoms with Gasteiger partial charge in [0, 0.05) is 27.9 Å². The zero-order valence-electron chi connectivity index (χ0n) is 18.3. The van der Waals surface area contributed by atoms with Crippen molar-refractivity contribution in [3.8, 4) is 11.1 Å². The summed E-state index contributed by atoms with van der Waals surface area (Å²) in [6.45, 7) is 0. The molecule has 3 aromatic heterocycles. The van der Waals surface area contributed by atoms with Gasteiger partial charge in [-0.1, -0.05) is 41.9 Å². The van der Waals surface area contributed by atoms with Gasteiger partial charge in [-0.3, -0.25) is 9.59 Å². The molecule has 0 fully saturated rings. The molecular weight excluding hydrogens is 466 g/mol. The number of amides is 1. The van der Waals surface area contributed by atoms with E-state index in [1.807, 2.05) is 36.4 Å². The standard InChI is InChI=1S/C27H18ClN3O4/c28-17-10-11-19-18(14-17)24(16-6-2-1-3-7-16)25(26(32)29-19)20-15-21(22-8-4-12-34-22)31(30-20)27(33)23-9-5-13-35-23/h1-14,21H,15H2,(H,29,32)/t21-/m1/s1. The molecule has 172 valence electrons. The fraction of sp³-hybridized carbons (Fsp3) is 0.0741. The van der Waals surface area contributed by atoms with Crippen molar-refractivity contribution in [2.45, 2.75) is 12.5 Å². The minimum absolute atomic E-state index is 0.147. The summed E-state index contributed by atoms with van der Waals surface area (Å²) in [7, 11) is 0. The molecule has 0 bridgehead atoms. The first-order chi connectivity index (χ1) is 17.1. The van der Waals surface area contributed by atoms with Gasteiger partial charge in [-0.15, -0.1) is 0 Å². The molecule has 7 nitrogen and oxygen atoms in total. The first-order valence-corrected chi connectivity index (χ1v) is 11.4. The van der Waals surface area contributed by atoms with Crippen LogP contribution in [0.3, 0.4) is 0 Å².